The topological polar surface area (TPSA) is 76.7 Å². The molecule has 0 spiro atoms. The van der Waals surface area contributed by atoms with Crippen LogP contribution in [0.5, 0.6) is 11.5 Å². The molecule has 0 aliphatic heterocycles. The fourth-order valence-corrected chi connectivity index (χ4v) is 2.83. The number of methoxy groups -OCH3 is 2. The van der Waals surface area contributed by atoms with Crippen molar-refractivity contribution in [2.75, 3.05) is 24.9 Å². The minimum absolute atomic E-state index is 0.0574. The van der Waals surface area contributed by atoms with Crippen molar-refractivity contribution < 1.29 is 19.1 Å². The number of hydrogen-bond acceptors (Lipinski definition) is 4. The van der Waals surface area contributed by atoms with E-state index in [1.54, 1.807) is 48.5 Å². The number of nitrogens with one attached hydrogen (secondary N) is 2. The summed E-state index contributed by atoms with van der Waals surface area (Å²) in [4.78, 5) is 26.1. The van der Waals surface area contributed by atoms with Crippen molar-refractivity contribution in [2.24, 2.45) is 0 Å². The van der Waals surface area contributed by atoms with Crippen LogP contribution in [0.3, 0.4) is 0 Å². The first kappa shape index (κ1) is 20.7. The summed E-state index contributed by atoms with van der Waals surface area (Å²) in [5.74, 6) is -0.128. The van der Waals surface area contributed by atoms with Crippen LogP contribution in [0.25, 0.3) is 6.08 Å². The average Bonchev–Trinajstić information content (AvgIpc) is 2.78. The second-order valence-electron chi connectivity index (χ2n) is 6.28. The van der Waals surface area contributed by atoms with Crippen LogP contribution in [0.2, 0.25) is 0 Å². The van der Waals surface area contributed by atoms with E-state index < -0.39 is 11.8 Å². The summed E-state index contributed by atoms with van der Waals surface area (Å²) in [6.07, 6.45) is 1.54. The molecule has 0 unspecified atom stereocenters. The van der Waals surface area contributed by atoms with Crippen LogP contribution >= 0.6 is 0 Å². The SMILES string of the molecule is COc1ccccc1NC(=O)C(=Cc1ccccc1)C(=O)Nc1ccccc1OC. The normalized spacial score (nSPS) is 9.93. The highest BCUT2D eigenvalue weighted by Crippen LogP contribution is 2.26. The van der Waals surface area contributed by atoms with Gasteiger partial charge in [-0.25, -0.2) is 0 Å². The summed E-state index contributed by atoms with van der Waals surface area (Å²) in [5.41, 5.74) is 1.60. The number of benzene rings is 3. The smallest absolute Gasteiger partial charge is 0.261 e. The maximum atomic E-state index is 13.0. The van der Waals surface area contributed by atoms with E-state index in [1.807, 2.05) is 30.3 Å². The molecule has 3 aromatic rings. The molecule has 3 aromatic carbocycles. The quantitative estimate of drug-likeness (QED) is 0.350. The molecule has 3 rings (SSSR count). The number of carbonyl (C=O) groups excluding carboxylic acids is 2. The molecule has 0 radical (unpaired) electrons. The highest BCUT2D eigenvalue weighted by Gasteiger charge is 2.21. The van der Waals surface area contributed by atoms with Crippen molar-refractivity contribution in [1.29, 1.82) is 0 Å². The van der Waals surface area contributed by atoms with E-state index in [4.69, 9.17) is 9.47 Å². The van der Waals surface area contributed by atoms with Gasteiger partial charge in [-0.2, -0.15) is 0 Å². The van der Waals surface area contributed by atoms with Gasteiger partial charge in [0.05, 0.1) is 25.6 Å². The van der Waals surface area contributed by atoms with E-state index in [-0.39, 0.29) is 5.57 Å². The summed E-state index contributed by atoms with van der Waals surface area (Å²) in [6.45, 7) is 0. The van der Waals surface area contributed by atoms with Gasteiger partial charge in [-0.1, -0.05) is 54.6 Å². The molecule has 0 atom stereocenters. The van der Waals surface area contributed by atoms with Gasteiger partial charge in [0.25, 0.3) is 11.8 Å². The Bertz CT molecular complexity index is 998. The molecular weight excluding hydrogens is 380 g/mol. The first-order valence-corrected chi connectivity index (χ1v) is 9.28. The summed E-state index contributed by atoms with van der Waals surface area (Å²) in [5, 5.41) is 5.51. The monoisotopic (exact) mass is 402 g/mol. The van der Waals surface area contributed by atoms with Crippen molar-refractivity contribution in [3.63, 3.8) is 0 Å². The summed E-state index contributed by atoms with van der Waals surface area (Å²) >= 11 is 0. The number of anilines is 2. The van der Waals surface area contributed by atoms with Crippen LogP contribution in [0.4, 0.5) is 11.4 Å². The van der Waals surface area contributed by atoms with Crippen LogP contribution in [-0.4, -0.2) is 26.0 Å². The van der Waals surface area contributed by atoms with Crippen LogP contribution in [0.15, 0.2) is 84.4 Å². The molecule has 30 heavy (non-hydrogen) atoms. The lowest BCUT2D eigenvalue weighted by Crippen LogP contribution is -2.25. The standard InChI is InChI=1S/C24H22N2O4/c1-29-21-14-8-6-12-19(21)25-23(27)18(16-17-10-4-3-5-11-17)24(28)26-20-13-7-9-15-22(20)30-2/h3-16H,1-2H3,(H,25,27)(H,26,28). The van der Waals surface area contributed by atoms with E-state index in [0.717, 1.165) is 5.56 Å². The molecule has 0 heterocycles. The van der Waals surface area contributed by atoms with Gasteiger partial charge < -0.3 is 20.1 Å². The van der Waals surface area contributed by atoms with Gasteiger partial charge in [-0.05, 0) is 35.9 Å². The van der Waals surface area contributed by atoms with Crippen LogP contribution in [-0.2, 0) is 9.59 Å². The Hall–Kier alpha value is -4.06. The molecule has 6 nitrogen and oxygen atoms in total. The van der Waals surface area contributed by atoms with Gasteiger partial charge in [0.2, 0.25) is 0 Å². The Morgan fingerprint density at radius 1 is 0.667 bits per heavy atom. The third kappa shape index (κ3) is 5.05. The first-order valence-electron chi connectivity index (χ1n) is 9.28. The molecule has 152 valence electrons. The van der Waals surface area contributed by atoms with Gasteiger partial charge >= 0.3 is 0 Å². The van der Waals surface area contributed by atoms with E-state index in [1.165, 1.54) is 20.3 Å². The van der Waals surface area contributed by atoms with Crippen molar-refractivity contribution >= 4 is 29.3 Å². The second kappa shape index (κ2) is 9.93. The van der Waals surface area contributed by atoms with E-state index >= 15 is 0 Å². The minimum Gasteiger partial charge on any atom is -0.495 e. The Morgan fingerprint density at radius 3 is 1.57 bits per heavy atom. The molecule has 2 N–H and O–H groups in total. The maximum Gasteiger partial charge on any atom is 0.261 e. The van der Waals surface area contributed by atoms with Gasteiger partial charge in [0.15, 0.2) is 0 Å². The van der Waals surface area contributed by atoms with Crippen LogP contribution in [0, 0.1) is 0 Å². The van der Waals surface area contributed by atoms with Crippen LogP contribution in [0.1, 0.15) is 5.56 Å². The predicted molar refractivity (Wildman–Crippen MR) is 118 cm³/mol. The molecular formula is C24H22N2O4. The molecule has 0 fully saturated rings. The third-order valence-electron chi connectivity index (χ3n) is 4.31. The van der Waals surface area contributed by atoms with Crippen molar-refractivity contribution in [3.05, 3.63) is 90.0 Å². The number of ether oxygens (including phenoxy) is 2. The van der Waals surface area contributed by atoms with Gasteiger partial charge in [0.1, 0.15) is 17.1 Å². The van der Waals surface area contributed by atoms with E-state index in [9.17, 15) is 9.59 Å². The van der Waals surface area contributed by atoms with Crippen molar-refractivity contribution in [2.45, 2.75) is 0 Å². The van der Waals surface area contributed by atoms with Crippen molar-refractivity contribution in [1.82, 2.24) is 0 Å². The lowest BCUT2D eigenvalue weighted by molar-refractivity contribution is -0.118. The number of rotatable bonds is 7. The molecule has 0 saturated heterocycles. The predicted octanol–water partition coefficient (Wildman–Crippen LogP) is 4.36. The zero-order chi connectivity index (χ0) is 21.3. The first-order chi connectivity index (χ1) is 14.6. The Labute approximate surface area is 175 Å². The number of hydrogen-bond donors (Lipinski definition) is 2. The Kier molecular flexibility index (Phi) is 6.84. The average molecular weight is 402 g/mol. The summed E-state index contributed by atoms with van der Waals surface area (Å²) in [6, 6.07) is 23.1. The zero-order valence-electron chi connectivity index (χ0n) is 16.7. The minimum atomic E-state index is -0.559. The maximum absolute atomic E-state index is 13.0. The van der Waals surface area contributed by atoms with E-state index in [0.29, 0.717) is 22.9 Å². The molecule has 0 saturated carbocycles. The molecule has 0 bridgehead atoms. The van der Waals surface area contributed by atoms with E-state index in [2.05, 4.69) is 10.6 Å². The molecule has 0 aliphatic carbocycles. The zero-order valence-corrected chi connectivity index (χ0v) is 16.7. The highest BCUT2D eigenvalue weighted by molar-refractivity contribution is 6.29. The lowest BCUT2D eigenvalue weighted by Gasteiger charge is -2.14. The highest BCUT2D eigenvalue weighted by atomic mass is 16.5. The van der Waals surface area contributed by atoms with Gasteiger partial charge in [-0.3, -0.25) is 9.59 Å². The van der Waals surface area contributed by atoms with Crippen LogP contribution < -0.4 is 20.1 Å². The number of amides is 2. The lowest BCUT2D eigenvalue weighted by atomic mass is 10.1. The van der Waals surface area contributed by atoms with Crippen molar-refractivity contribution in [3.8, 4) is 11.5 Å². The summed E-state index contributed by atoms with van der Waals surface area (Å²) in [7, 11) is 3.03. The number of carbonyl (C=O) groups is 2. The largest absolute Gasteiger partial charge is 0.495 e. The summed E-state index contributed by atoms with van der Waals surface area (Å²) < 4.78 is 10.6. The van der Waals surface area contributed by atoms with Gasteiger partial charge in [0, 0.05) is 0 Å². The third-order valence-corrected chi connectivity index (χ3v) is 4.31. The second-order valence-corrected chi connectivity index (χ2v) is 6.28. The Morgan fingerprint density at radius 2 is 1.10 bits per heavy atom. The molecule has 0 aromatic heterocycles. The molecule has 2 amide bonds. The fraction of sp³-hybridized carbons (Fsp3) is 0.0833. The number of para-hydroxylation sites is 4. The fourth-order valence-electron chi connectivity index (χ4n) is 2.83. The Balaban J connectivity index is 1.93. The molecule has 0 aliphatic rings. The molecule has 6 heteroatoms. The van der Waals surface area contributed by atoms with Gasteiger partial charge in [-0.15, -0.1) is 0 Å².